The number of hydrogen-bond donors (Lipinski definition) is 2. The van der Waals surface area contributed by atoms with Crippen LogP contribution >= 0.6 is 0 Å². The molecule has 1 aliphatic rings. The molecule has 1 saturated heterocycles. The maximum absolute atomic E-state index is 4.57. The molecule has 20 heavy (non-hydrogen) atoms. The van der Waals surface area contributed by atoms with E-state index < -0.39 is 0 Å². The van der Waals surface area contributed by atoms with Crippen molar-refractivity contribution in [3.05, 3.63) is 42.0 Å². The fourth-order valence-corrected chi connectivity index (χ4v) is 2.51. The highest BCUT2D eigenvalue weighted by molar-refractivity contribution is 5.51. The predicted molar refractivity (Wildman–Crippen MR) is 78.9 cm³/mol. The summed E-state index contributed by atoms with van der Waals surface area (Å²) in [5, 5.41) is 6.75. The molecule has 0 unspecified atom stereocenters. The minimum Gasteiger partial charge on any atom is -0.325 e. The maximum atomic E-state index is 4.57. The normalized spacial score (nSPS) is 18.8. The first-order valence-electron chi connectivity index (χ1n) is 7.08. The van der Waals surface area contributed by atoms with Crippen molar-refractivity contribution in [2.75, 3.05) is 11.9 Å². The van der Waals surface area contributed by atoms with E-state index in [0.717, 1.165) is 36.1 Å². The Labute approximate surface area is 118 Å². The van der Waals surface area contributed by atoms with E-state index in [9.17, 15) is 0 Å². The Morgan fingerprint density at radius 1 is 1.20 bits per heavy atom. The van der Waals surface area contributed by atoms with Crippen LogP contribution in [0.1, 0.15) is 36.8 Å². The molecule has 104 valence electrons. The Balaban J connectivity index is 1.82. The maximum Gasteiger partial charge on any atom is 0.135 e. The molecule has 2 N–H and O–H groups in total. The number of hydrogen-bond acceptors (Lipinski definition) is 5. The number of nitrogens with one attached hydrogen (secondary N) is 2. The summed E-state index contributed by atoms with van der Waals surface area (Å²) in [4.78, 5) is 13.3. The second kappa shape index (κ2) is 5.96. The molecular weight excluding hydrogens is 250 g/mol. The fourth-order valence-electron chi connectivity index (χ4n) is 2.51. The number of anilines is 2. The highest BCUT2D eigenvalue weighted by atomic mass is 15.1. The van der Waals surface area contributed by atoms with Crippen LogP contribution in [0.4, 0.5) is 11.6 Å². The highest BCUT2D eigenvalue weighted by Crippen LogP contribution is 2.23. The molecule has 3 rings (SSSR count). The van der Waals surface area contributed by atoms with Gasteiger partial charge in [-0.3, -0.25) is 0 Å². The van der Waals surface area contributed by atoms with Gasteiger partial charge in [-0.2, -0.15) is 0 Å². The first kappa shape index (κ1) is 13.0. The Bertz CT molecular complexity index is 564. The second-order valence-corrected chi connectivity index (χ2v) is 5.07. The Hall–Kier alpha value is -2.01. The SMILES string of the molecule is Cc1nc(Nc2ccccn2)cc([C@@H]2CCCCN2)n1. The van der Waals surface area contributed by atoms with Gasteiger partial charge in [0.2, 0.25) is 0 Å². The Morgan fingerprint density at radius 3 is 2.90 bits per heavy atom. The monoisotopic (exact) mass is 269 g/mol. The summed E-state index contributed by atoms with van der Waals surface area (Å²) >= 11 is 0. The van der Waals surface area contributed by atoms with Gasteiger partial charge in [0.15, 0.2) is 0 Å². The Morgan fingerprint density at radius 2 is 2.15 bits per heavy atom. The molecule has 0 spiro atoms. The van der Waals surface area contributed by atoms with Crippen LogP contribution in [0.25, 0.3) is 0 Å². The molecule has 2 aromatic heterocycles. The molecule has 1 fully saturated rings. The lowest BCUT2D eigenvalue weighted by Crippen LogP contribution is -2.27. The van der Waals surface area contributed by atoms with E-state index >= 15 is 0 Å². The van der Waals surface area contributed by atoms with Crippen LogP contribution < -0.4 is 10.6 Å². The highest BCUT2D eigenvalue weighted by Gasteiger charge is 2.17. The van der Waals surface area contributed by atoms with Gasteiger partial charge in [0.05, 0.1) is 5.69 Å². The number of pyridine rings is 1. The van der Waals surface area contributed by atoms with E-state index in [1.54, 1.807) is 6.20 Å². The molecule has 2 aromatic rings. The molecule has 1 atom stereocenters. The van der Waals surface area contributed by atoms with E-state index in [1.807, 2.05) is 31.2 Å². The quantitative estimate of drug-likeness (QED) is 0.897. The van der Waals surface area contributed by atoms with Crippen LogP contribution in [-0.4, -0.2) is 21.5 Å². The van der Waals surface area contributed by atoms with Crippen molar-refractivity contribution in [1.29, 1.82) is 0 Å². The second-order valence-electron chi connectivity index (χ2n) is 5.07. The van der Waals surface area contributed by atoms with Crippen LogP contribution in [0.3, 0.4) is 0 Å². The summed E-state index contributed by atoms with van der Waals surface area (Å²) < 4.78 is 0. The lowest BCUT2D eigenvalue weighted by Gasteiger charge is -2.23. The van der Waals surface area contributed by atoms with Crippen LogP contribution in [0, 0.1) is 6.92 Å². The third kappa shape index (κ3) is 3.11. The van der Waals surface area contributed by atoms with Crippen molar-refractivity contribution >= 4 is 11.6 Å². The van der Waals surface area contributed by atoms with Gasteiger partial charge in [0.1, 0.15) is 17.5 Å². The predicted octanol–water partition coefficient (Wildman–Crippen LogP) is 2.74. The number of aromatic nitrogens is 3. The summed E-state index contributed by atoms with van der Waals surface area (Å²) in [7, 11) is 0. The standard InChI is InChI=1S/C15H19N5/c1-11-18-13(12-6-2-4-8-16-12)10-15(19-11)20-14-7-3-5-9-17-14/h3,5,7,9-10,12,16H,2,4,6,8H2,1H3,(H,17,18,19,20)/t12-/m0/s1. The van der Waals surface area contributed by atoms with E-state index in [2.05, 4.69) is 25.6 Å². The number of nitrogens with zero attached hydrogens (tertiary/aromatic N) is 3. The molecule has 0 radical (unpaired) electrons. The summed E-state index contributed by atoms with van der Waals surface area (Å²) in [6.45, 7) is 2.99. The van der Waals surface area contributed by atoms with E-state index in [0.29, 0.717) is 6.04 Å². The van der Waals surface area contributed by atoms with Crippen molar-refractivity contribution in [2.45, 2.75) is 32.2 Å². The van der Waals surface area contributed by atoms with E-state index in [1.165, 1.54) is 12.8 Å². The summed E-state index contributed by atoms with van der Waals surface area (Å²) in [5.41, 5.74) is 1.07. The van der Waals surface area contributed by atoms with Gasteiger partial charge in [0, 0.05) is 18.3 Å². The van der Waals surface area contributed by atoms with Crippen LogP contribution in [0.5, 0.6) is 0 Å². The first-order chi connectivity index (χ1) is 9.81. The molecule has 5 heteroatoms. The largest absolute Gasteiger partial charge is 0.325 e. The van der Waals surface area contributed by atoms with Gasteiger partial charge in [-0.15, -0.1) is 0 Å². The van der Waals surface area contributed by atoms with Crippen molar-refractivity contribution < 1.29 is 0 Å². The number of rotatable bonds is 3. The average Bonchev–Trinajstić information content (AvgIpc) is 2.49. The third-order valence-electron chi connectivity index (χ3n) is 3.45. The minimum atomic E-state index is 0.342. The molecule has 1 aliphatic heterocycles. The van der Waals surface area contributed by atoms with Crippen LogP contribution in [0.15, 0.2) is 30.5 Å². The smallest absolute Gasteiger partial charge is 0.135 e. The lowest BCUT2D eigenvalue weighted by molar-refractivity contribution is 0.404. The van der Waals surface area contributed by atoms with Crippen LogP contribution in [0.2, 0.25) is 0 Å². The van der Waals surface area contributed by atoms with Crippen molar-refractivity contribution in [2.24, 2.45) is 0 Å². The lowest BCUT2D eigenvalue weighted by atomic mass is 10.0. The molecule has 0 amide bonds. The molecule has 0 aromatic carbocycles. The zero-order valence-corrected chi connectivity index (χ0v) is 11.6. The third-order valence-corrected chi connectivity index (χ3v) is 3.45. The van der Waals surface area contributed by atoms with Crippen molar-refractivity contribution in [3.63, 3.8) is 0 Å². The summed E-state index contributed by atoms with van der Waals surface area (Å²) in [5.74, 6) is 2.39. The molecule has 0 saturated carbocycles. The first-order valence-corrected chi connectivity index (χ1v) is 7.08. The van der Waals surface area contributed by atoms with Crippen molar-refractivity contribution in [1.82, 2.24) is 20.3 Å². The van der Waals surface area contributed by atoms with E-state index in [-0.39, 0.29) is 0 Å². The van der Waals surface area contributed by atoms with Gasteiger partial charge in [-0.25, -0.2) is 15.0 Å². The van der Waals surface area contributed by atoms with Crippen LogP contribution in [-0.2, 0) is 0 Å². The number of aryl methyl sites for hydroxylation is 1. The molecule has 3 heterocycles. The molecule has 5 nitrogen and oxygen atoms in total. The summed E-state index contributed by atoms with van der Waals surface area (Å²) in [6.07, 6.45) is 5.41. The molecule has 0 aliphatic carbocycles. The summed E-state index contributed by atoms with van der Waals surface area (Å²) in [6, 6.07) is 8.14. The minimum absolute atomic E-state index is 0.342. The average molecular weight is 269 g/mol. The fraction of sp³-hybridized carbons (Fsp3) is 0.400. The topological polar surface area (TPSA) is 62.7 Å². The van der Waals surface area contributed by atoms with Gasteiger partial charge >= 0.3 is 0 Å². The van der Waals surface area contributed by atoms with Crippen molar-refractivity contribution in [3.8, 4) is 0 Å². The molecule has 0 bridgehead atoms. The van der Waals surface area contributed by atoms with Gasteiger partial charge in [0.25, 0.3) is 0 Å². The zero-order chi connectivity index (χ0) is 13.8. The number of piperidine rings is 1. The van der Waals surface area contributed by atoms with Gasteiger partial charge in [-0.1, -0.05) is 12.5 Å². The Kier molecular flexibility index (Phi) is 3.87. The zero-order valence-electron chi connectivity index (χ0n) is 11.6. The van der Waals surface area contributed by atoms with E-state index in [4.69, 9.17) is 0 Å². The van der Waals surface area contributed by atoms with Gasteiger partial charge < -0.3 is 10.6 Å². The van der Waals surface area contributed by atoms with Gasteiger partial charge in [-0.05, 0) is 38.4 Å². The molecular formula is C15H19N5.